The molecule has 1 N–H and O–H groups in total. The SMILES string of the molecule is O=C(c1ccccc1C1CCC1)C1CNCCO1. The van der Waals surface area contributed by atoms with E-state index in [9.17, 15) is 4.79 Å². The molecular weight excluding hydrogens is 226 g/mol. The molecule has 2 aliphatic rings. The highest BCUT2D eigenvalue weighted by Gasteiger charge is 2.28. The van der Waals surface area contributed by atoms with E-state index in [0.29, 0.717) is 19.1 Å². The number of carbonyl (C=O) groups is 1. The Morgan fingerprint density at radius 3 is 2.78 bits per heavy atom. The Balaban J connectivity index is 1.83. The van der Waals surface area contributed by atoms with Crippen LogP contribution in [0.5, 0.6) is 0 Å². The Morgan fingerprint density at radius 1 is 1.28 bits per heavy atom. The van der Waals surface area contributed by atoms with Crippen LogP contribution in [0.3, 0.4) is 0 Å². The van der Waals surface area contributed by atoms with Crippen LogP contribution in [0.15, 0.2) is 24.3 Å². The molecule has 1 unspecified atom stereocenters. The van der Waals surface area contributed by atoms with Gasteiger partial charge in [0.05, 0.1) is 6.61 Å². The molecule has 1 aromatic rings. The van der Waals surface area contributed by atoms with Crippen molar-refractivity contribution in [1.29, 1.82) is 0 Å². The third-order valence-corrected chi connectivity index (χ3v) is 3.99. The number of ketones is 1. The van der Waals surface area contributed by atoms with Crippen LogP contribution in [-0.2, 0) is 4.74 Å². The Hall–Kier alpha value is -1.19. The van der Waals surface area contributed by atoms with E-state index in [4.69, 9.17) is 4.74 Å². The molecule has 1 atom stereocenters. The number of hydrogen-bond acceptors (Lipinski definition) is 3. The van der Waals surface area contributed by atoms with E-state index in [2.05, 4.69) is 11.4 Å². The zero-order valence-corrected chi connectivity index (χ0v) is 10.5. The number of Topliss-reactive ketones (excluding diaryl/α,β-unsaturated/α-hetero) is 1. The predicted octanol–water partition coefficient (Wildman–Crippen LogP) is 2.13. The van der Waals surface area contributed by atoms with E-state index in [1.807, 2.05) is 18.2 Å². The van der Waals surface area contributed by atoms with Gasteiger partial charge in [0.25, 0.3) is 0 Å². The average Bonchev–Trinajstić information content (AvgIpc) is 2.38. The first-order valence-electron chi connectivity index (χ1n) is 6.82. The number of nitrogens with one attached hydrogen (secondary N) is 1. The van der Waals surface area contributed by atoms with Gasteiger partial charge >= 0.3 is 0 Å². The number of morpholine rings is 1. The lowest BCUT2D eigenvalue weighted by Gasteiger charge is -2.29. The monoisotopic (exact) mass is 245 g/mol. The number of ether oxygens (including phenoxy) is 1. The van der Waals surface area contributed by atoms with Crippen LogP contribution < -0.4 is 5.32 Å². The van der Waals surface area contributed by atoms with Crippen molar-refractivity contribution < 1.29 is 9.53 Å². The Labute approximate surface area is 108 Å². The van der Waals surface area contributed by atoms with Crippen LogP contribution in [0.4, 0.5) is 0 Å². The first-order valence-corrected chi connectivity index (χ1v) is 6.82. The number of rotatable bonds is 3. The lowest BCUT2D eigenvalue weighted by Crippen LogP contribution is -2.43. The summed E-state index contributed by atoms with van der Waals surface area (Å²) < 4.78 is 5.57. The van der Waals surface area contributed by atoms with Gasteiger partial charge in [0.1, 0.15) is 6.10 Å². The normalized spacial score (nSPS) is 24.6. The highest BCUT2D eigenvalue weighted by atomic mass is 16.5. The zero-order valence-electron chi connectivity index (χ0n) is 10.5. The molecule has 1 aliphatic heterocycles. The van der Waals surface area contributed by atoms with Gasteiger partial charge in [-0.25, -0.2) is 0 Å². The van der Waals surface area contributed by atoms with Crippen LogP contribution in [0.25, 0.3) is 0 Å². The third-order valence-electron chi connectivity index (χ3n) is 3.99. The summed E-state index contributed by atoms with van der Waals surface area (Å²) in [6.07, 6.45) is 3.41. The van der Waals surface area contributed by atoms with Crippen LogP contribution in [0.2, 0.25) is 0 Å². The molecule has 0 aromatic heterocycles. The summed E-state index contributed by atoms with van der Waals surface area (Å²) in [5, 5.41) is 3.22. The average molecular weight is 245 g/mol. The van der Waals surface area contributed by atoms with Gasteiger partial charge in [0.2, 0.25) is 0 Å². The molecule has 3 rings (SSSR count). The van der Waals surface area contributed by atoms with Crippen LogP contribution in [0, 0.1) is 0 Å². The maximum absolute atomic E-state index is 12.5. The molecule has 0 amide bonds. The first-order chi connectivity index (χ1) is 8.86. The van der Waals surface area contributed by atoms with Gasteiger partial charge in [-0.3, -0.25) is 4.79 Å². The van der Waals surface area contributed by atoms with Crippen molar-refractivity contribution in [3.8, 4) is 0 Å². The fraction of sp³-hybridized carbons (Fsp3) is 0.533. The minimum absolute atomic E-state index is 0.143. The minimum Gasteiger partial charge on any atom is -0.367 e. The maximum Gasteiger partial charge on any atom is 0.193 e. The van der Waals surface area contributed by atoms with Crippen LogP contribution in [-0.4, -0.2) is 31.6 Å². The number of hydrogen-bond donors (Lipinski definition) is 1. The second-order valence-corrected chi connectivity index (χ2v) is 5.14. The molecule has 96 valence electrons. The van der Waals surface area contributed by atoms with Crippen molar-refractivity contribution in [2.75, 3.05) is 19.7 Å². The topological polar surface area (TPSA) is 38.3 Å². The molecule has 0 bridgehead atoms. The number of carbonyl (C=O) groups excluding carboxylic acids is 1. The van der Waals surface area contributed by atoms with Crippen molar-refractivity contribution in [2.24, 2.45) is 0 Å². The van der Waals surface area contributed by atoms with Crippen molar-refractivity contribution in [3.63, 3.8) is 0 Å². The smallest absolute Gasteiger partial charge is 0.193 e. The molecule has 1 aromatic carbocycles. The standard InChI is InChI=1S/C15H19NO2/c17-15(14-10-16-8-9-18-14)13-7-2-1-6-12(13)11-4-3-5-11/h1-2,6-7,11,14,16H,3-5,8-10H2. The fourth-order valence-corrected chi connectivity index (χ4v) is 2.70. The van der Waals surface area contributed by atoms with Gasteiger partial charge in [-0.1, -0.05) is 30.7 Å². The summed E-state index contributed by atoms with van der Waals surface area (Å²) in [7, 11) is 0. The molecule has 0 spiro atoms. The van der Waals surface area contributed by atoms with Gasteiger partial charge in [-0.2, -0.15) is 0 Å². The lowest BCUT2D eigenvalue weighted by atomic mass is 9.77. The second-order valence-electron chi connectivity index (χ2n) is 5.14. The summed E-state index contributed by atoms with van der Waals surface area (Å²) in [4.78, 5) is 12.5. The Morgan fingerprint density at radius 2 is 2.11 bits per heavy atom. The van der Waals surface area contributed by atoms with E-state index < -0.39 is 0 Å². The lowest BCUT2D eigenvalue weighted by molar-refractivity contribution is 0.0268. The summed E-state index contributed by atoms with van der Waals surface area (Å²) in [5.41, 5.74) is 2.10. The van der Waals surface area contributed by atoms with Crippen molar-refractivity contribution in [1.82, 2.24) is 5.32 Å². The van der Waals surface area contributed by atoms with Crippen LogP contribution in [0.1, 0.15) is 41.1 Å². The van der Waals surface area contributed by atoms with Crippen molar-refractivity contribution in [3.05, 3.63) is 35.4 Å². The predicted molar refractivity (Wildman–Crippen MR) is 70.0 cm³/mol. The molecule has 18 heavy (non-hydrogen) atoms. The molecule has 1 saturated heterocycles. The highest BCUT2D eigenvalue weighted by Crippen LogP contribution is 2.38. The fourth-order valence-electron chi connectivity index (χ4n) is 2.70. The zero-order chi connectivity index (χ0) is 12.4. The quantitative estimate of drug-likeness (QED) is 0.829. The largest absolute Gasteiger partial charge is 0.367 e. The molecular formula is C15H19NO2. The summed E-state index contributed by atoms with van der Waals surface area (Å²) in [6.45, 7) is 2.11. The van der Waals surface area contributed by atoms with Crippen LogP contribution >= 0.6 is 0 Å². The maximum atomic E-state index is 12.5. The second kappa shape index (κ2) is 5.21. The summed E-state index contributed by atoms with van der Waals surface area (Å²) in [5.74, 6) is 0.728. The van der Waals surface area contributed by atoms with E-state index >= 15 is 0 Å². The number of benzene rings is 1. The highest BCUT2D eigenvalue weighted by molar-refractivity contribution is 6.01. The molecule has 1 saturated carbocycles. The van der Waals surface area contributed by atoms with Gasteiger partial charge < -0.3 is 10.1 Å². The molecule has 1 aliphatic carbocycles. The third kappa shape index (κ3) is 2.20. The summed E-state index contributed by atoms with van der Waals surface area (Å²) >= 11 is 0. The molecule has 2 fully saturated rings. The van der Waals surface area contributed by atoms with Gasteiger partial charge in [0.15, 0.2) is 5.78 Å². The van der Waals surface area contributed by atoms with Crippen molar-refractivity contribution >= 4 is 5.78 Å². The van der Waals surface area contributed by atoms with E-state index in [1.54, 1.807) is 0 Å². The Kier molecular flexibility index (Phi) is 3.43. The first kappa shape index (κ1) is 11.9. The summed E-state index contributed by atoms with van der Waals surface area (Å²) in [6, 6.07) is 8.04. The molecule has 1 heterocycles. The van der Waals surface area contributed by atoms with Gasteiger partial charge in [0, 0.05) is 18.7 Å². The van der Waals surface area contributed by atoms with E-state index in [0.717, 1.165) is 12.1 Å². The minimum atomic E-state index is -0.306. The van der Waals surface area contributed by atoms with Crippen molar-refractivity contribution in [2.45, 2.75) is 31.3 Å². The molecule has 0 radical (unpaired) electrons. The molecule has 3 heteroatoms. The van der Waals surface area contributed by atoms with E-state index in [1.165, 1.54) is 24.8 Å². The Bertz CT molecular complexity index is 434. The van der Waals surface area contributed by atoms with Gasteiger partial charge in [-0.05, 0) is 24.3 Å². The van der Waals surface area contributed by atoms with Gasteiger partial charge in [-0.15, -0.1) is 0 Å². The van der Waals surface area contributed by atoms with E-state index in [-0.39, 0.29) is 11.9 Å². The molecule has 3 nitrogen and oxygen atoms in total.